The van der Waals surface area contributed by atoms with Crippen LogP contribution in [0.3, 0.4) is 0 Å². The van der Waals surface area contributed by atoms with Crippen molar-refractivity contribution in [3.05, 3.63) is 23.9 Å². The summed E-state index contributed by atoms with van der Waals surface area (Å²) in [6, 6.07) is 0. The second-order valence-electron chi connectivity index (χ2n) is 8.93. The van der Waals surface area contributed by atoms with E-state index >= 15 is 0 Å². The number of aliphatic hydroxyl groups is 4. The van der Waals surface area contributed by atoms with Gasteiger partial charge in [-0.1, -0.05) is 0 Å². The first-order valence-corrected chi connectivity index (χ1v) is 9.49. The molecule has 0 fully saturated rings. The van der Waals surface area contributed by atoms with Crippen LogP contribution in [0.5, 0.6) is 0 Å². The summed E-state index contributed by atoms with van der Waals surface area (Å²) in [5, 5.41) is 33.7. The van der Waals surface area contributed by atoms with Crippen LogP contribution in [0.4, 0.5) is 0 Å². The van der Waals surface area contributed by atoms with Crippen LogP contribution in [0.25, 0.3) is 0 Å². The number of methoxy groups -OCH3 is 1. The fourth-order valence-corrected chi connectivity index (χ4v) is 0.807. The van der Waals surface area contributed by atoms with Gasteiger partial charge in [0, 0.05) is 33.9 Å². The van der Waals surface area contributed by atoms with E-state index in [9.17, 15) is 9.59 Å². The number of hydrogen-bond donors (Lipinski definition) is 4. The topological polar surface area (TPSA) is 133 Å². The first-order valence-electron chi connectivity index (χ1n) is 9.49. The van der Waals surface area contributed by atoms with Gasteiger partial charge >= 0.3 is 11.6 Å². The molecule has 0 aromatic rings. The molecule has 0 aromatic carbocycles. The molecule has 0 aliphatic rings. The number of ketones is 2. The zero-order valence-corrected chi connectivity index (χ0v) is 22.5. The largest absolute Gasteiger partial charge is 0.512 e. The van der Waals surface area contributed by atoms with Crippen molar-refractivity contribution in [3.63, 3.8) is 0 Å². The standard InChI is InChI=1S/C8H14O3.C8H14O2.2C3H8O.Ti/c1-8(2,3)6(9)5-7(10)11-4;1-6(9)5-7(10)8(2,3)4;2*1-3(2)4;/h5,10H,1-4H3;5,9H,1-4H3;2*3-4H,1-2H3;/p+2/b7-5+;6-5-;;;. The quantitative estimate of drug-likeness (QED) is 0.210. The summed E-state index contributed by atoms with van der Waals surface area (Å²) in [5.41, 5.74) is -0.628. The predicted molar refractivity (Wildman–Crippen MR) is 122 cm³/mol. The third kappa shape index (κ3) is 41.3. The van der Waals surface area contributed by atoms with Crippen LogP contribution in [-0.2, 0) is 26.5 Å². The predicted octanol–water partition coefficient (Wildman–Crippen LogP) is 4.43. The van der Waals surface area contributed by atoms with Crippen LogP contribution in [0, 0.1) is 10.8 Å². The number of aliphatic hydroxyl groups excluding tert-OH is 4. The number of hydrogen-bond acceptors (Lipinski definition) is 5. The van der Waals surface area contributed by atoms with Gasteiger partial charge in [-0.2, -0.15) is 0 Å². The molecule has 0 saturated carbocycles. The van der Waals surface area contributed by atoms with Crippen molar-refractivity contribution < 1.29 is 56.5 Å². The summed E-state index contributed by atoms with van der Waals surface area (Å²) in [6.07, 6.45) is 2.22. The summed E-state index contributed by atoms with van der Waals surface area (Å²) in [6.45, 7) is 19.6. The summed E-state index contributed by atoms with van der Waals surface area (Å²) in [5.74, 6) is 0.147. The smallest absolute Gasteiger partial charge is 0.328 e. The molecule has 0 rings (SSSR count). The Morgan fingerprint density at radius 1 is 0.767 bits per heavy atom. The van der Waals surface area contributed by atoms with Gasteiger partial charge in [0.2, 0.25) is 0 Å². The van der Waals surface area contributed by atoms with E-state index in [2.05, 4.69) is 4.74 Å². The molecule has 178 valence electrons. The molecule has 0 heterocycles. The van der Waals surface area contributed by atoms with Crippen molar-refractivity contribution in [2.24, 2.45) is 10.8 Å². The number of carbonyl (C=O) groups excluding carboxylic acids is 2. The van der Waals surface area contributed by atoms with Gasteiger partial charge in [-0.15, -0.1) is 0 Å². The van der Waals surface area contributed by atoms with Gasteiger partial charge in [0.15, 0.2) is 0 Å². The Morgan fingerprint density at radius 3 is 1.13 bits per heavy atom. The SMILES string of the molecule is C/C(O)=C/C(=[OH+])C(C)(C)C.CC(C)O.CC(C)O.CO/C(O)=C/C(=[OH+])C(C)(C)C.[Ti]. The van der Waals surface area contributed by atoms with E-state index < -0.39 is 0 Å². The molecule has 0 atom stereocenters. The summed E-state index contributed by atoms with van der Waals surface area (Å²) >= 11 is 0. The van der Waals surface area contributed by atoms with Gasteiger partial charge in [-0.05, 0) is 76.2 Å². The first-order chi connectivity index (χ1) is 12.7. The maximum Gasteiger partial charge on any atom is 0.328 e. The van der Waals surface area contributed by atoms with Gasteiger partial charge in [0.1, 0.15) is 6.08 Å². The molecular weight excluding hydrogens is 424 g/mol. The molecule has 0 amide bonds. The zero-order valence-electron chi connectivity index (χ0n) is 20.9. The molecule has 7 nitrogen and oxygen atoms in total. The molecule has 8 heteroatoms. The van der Waals surface area contributed by atoms with E-state index in [1.807, 2.05) is 41.5 Å². The Morgan fingerprint density at radius 2 is 1.00 bits per heavy atom. The molecule has 30 heavy (non-hydrogen) atoms. The van der Waals surface area contributed by atoms with E-state index in [0.29, 0.717) is 0 Å². The molecule has 6 N–H and O–H groups in total. The Balaban J connectivity index is -0.000000101. The third-order valence-corrected chi connectivity index (χ3v) is 2.35. The Bertz CT molecular complexity index is 493. The minimum absolute atomic E-state index is 0. The van der Waals surface area contributed by atoms with Gasteiger partial charge in [-0.25, -0.2) is 0 Å². The average molecular weight is 470 g/mol. The van der Waals surface area contributed by atoms with Crippen molar-refractivity contribution in [3.8, 4) is 0 Å². The third-order valence-electron chi connectivity index (χ3n) is 2.35. The fourth-order valence-electron chi connectivity index (χ4n) is 0.807. The van der Waals surface area contributed by atoms with Crippen LogP contribution in [0.1, 0.15) is 76.2 Å². The Labute approximate surface area is 198 Å². The molecule has 0 radical (unpaired) electrons. The van der Waals surface area contributed by atoms with Crippen LogP contribution in [0.2, 0.25) is 0 Å². The molecule has 0 unspecified atom stereocenters. The van der Waals surface area contributed by atoms with Crippen LogP contribution in [0.15, 0.2) is 23.9 Å². The van der Waals surface area contributed by atoms with Crippen molar-refractivity contribution in [2.75, 3.05) is 7.11 Å². The first kappa shape index (κ1) is 39.3. The van der Waals surface area contributed by atoms with E-state index in [1.54, 1.807) is 27.7 Å². The summed E-state index contributed by atoms with van der Waals surface area (Å²) in [7, 11) is 1.34. The summed E-state index contributed by atoms with van der Waals surface area (Å²) in [4.78, 5) is 18.5. The molecule has 0 bridgehead atoms. The average Bonchev–Trinajstić information content (AvgIpc) is 2.43. The van der Waals surface area contributed by atoms with Crippen molar-refractivity contribution in [2.45, 2.75) is 88.4 Å². The van der Waals surface area contributed by atoms with E-state index in [-0.39, 0.29) is 68.0 Å². The number of rotatable bonds is 3. The van der Waals surface area contributed by atoms with Crippen LogP contribution < -0.4 is 0 Å². The van der Waals surface area contributed by atoms with Gasteiger partial charge in [0.25, 0.3) is 5.95 Å². The second kappa shape index (κ2) is 19.8. The number of allylic oxidation sites excluding steroid dienone is 3. The maximum atomic E-state index is 9.29. The van der Waals surface area contributed by atoms with Crippen molar-refractivity contribution >= 4 is 11.6 Å². The van der Waals surface area contributed by atoms with Crippen molar-refractivity contribution in [1.82, 2.24) is 0 Å². The molecular formula is C22H46O7Ti+2. The Kier molecular flexibility index (Phi) is 26.0. The monoisotopic (exact) mass is 470 g/mol. The fraction of sp³-hybridized carbons (Fsp3) is 0.727. The normalized spacial score (nSPS) is 11.6. The molecule has 0 saturated heterocycles. The van der Waals surface area contributed by atoms with E-state index in [0.717, 1.165) is 0 Å². The Hall–Kier alpha value is -1.15. The molecule has 0 aliphatic heterocycles. The van der Waals surface area contributed by atoms with Gasteiger partial charge in [-0.3, -0.25) is 9.59 Å². The van der Waals surface area contributed by atoms with E-state index in [1.165, 1.54) is 26.2 Å². The second-order valence-corrected chi connectivity index (χ2v) is 8.93. The number of ether oxygens (including phenoxy) is 1. The summed E-state index contributed by atoms with van der Waals surface area (Å²) < 4.78 is 4.45. The molecule has 0 aromatic heterocycles. The zero-order chi connectivity index (χ0) is 24.6. The minimum Gasteiger partial charge on any atom is -0.512 e. The van der Waals surface area contributed by atoms with Gasteiger partial charge in [0.05, 0.1) is 29.8 Å². The van der Waals surface area contributed by atoms with Crippen molar-refractivity contribution in [1.29, 1.82) is 0 Å². The maximum absolute atomic E-state index is 9.29. The van der Waals surface area contributed by atoms with E-state index in [4.69, 9.17) is 20.4 Å². The molecule has 0 aliphatic carbocycles. The molecule has 0 spiro atoms. The van der Waals surface area contributed by atoms with Crippen LogP contribution in [-0.4, -0.2) is 60.9 Å². The van der Waals surface area contributed by atoms with Gasteiger partial charge < -0.3 is 25.2 Å². The van der Waals surface area contributed by atoms with Crippen LogP contribution >= 0.6 is 0 Å². The minimum atomic E-state index is -0.355.